The second-order valence-corrected chi connectivity index (χ2v) is 6.24. The summed E-state index contributed by atoms with van der Waals surface area (Å²) in [5.74, 6) is 0.374. The van der Waals surface area contributed by atoms with Crippen molar-refractivity contribution in [3.63, 3.8) is 0 Å². The highest BCUT2D eigenvalue weighted by Crippen LogP contribution is 2.49. The molecule has 0 radical (unpaired) electrons. The third kappa shape index (κ3) is 3.36. The number of likely N-dealkylation sites (N-methyl/N-ethyl adjacent to an activating group) is 2. The minimum Gasteiger partial charge on any atom is -0.409 e. The molecule has 104 valence electrons. The number of hydrogen-bond donors (Lipinski definition) is 2. The highest BCUT2D eigenvalue weighted by atomic mass is 16.4. The van der Waals surface area contributed by atoms with Gasteiger partial charge in [-0.25, -0.2) is 0 Å². The van der Waals surface area contributed by atoms with E-state index in [1.165, 1.54) is 32.2 Å². The van der Waals surface area contributed by atoms with Crippen LogP contribution in [0.5, 0.6) is 0 Å². The zero-order valence-electron chi connectivity index (χ0n) is 11.6. The number of nitrogens with zero attached hydrogens (tertiary/aromatic N) is 3. The summed E-state index contributed by atoms with van der Waals surface area (Å²) in [6.45, 7) is 3.43. The van der Waals surface area contributed by atoms with E-state index in [4.69, 9.17) is 10.9 Å². The van der Waals surface area contributed by atoms with Crippen LogP contribution >= 0.6 is 0 Å². The van der Waals surface area contributed by atoms with Crippen molar-refractivity contribution in [2.24, 2.45) is 16.3 Å². The van der Waals surface area contributed by atoms with E-state index in [-0.39, 0.29) is 5.41 Å². The SMILES string of the molecule is CN(CC1CCCN1C)CC1(C/C(N)=N/O)CC1. The molecule has 1 saturated carbocycles. The molecule has 1 heterocycles. The maximum atomic E-state index is 8.67. The maximum Gasteiger partial charge on any atom is 0.139 e. The molecule has 18 heavy (non-hydrogen) atoms. The minimum atomic E-state index is 0.280. The third-order valence-corrected chi connectivity index (χ3v) is 4.44. The largest absolute Gasteiger partial charge is 0.409 e. The summed E-state index contributed by atoms with van der Waals surface area (Å²) >= 11 is 0. The summed E-state index contributed by atoms with van der Waals surface area (Å²) in [4.78, 5) is 4.88. The van der Waals surface area contributed by atoms with E-state index in [0.29, 0.717) is 11.9 Å². The molecule has 0 amide bonds. The van der Waals surface area contributed by atoms with Crippen LogP contribution in [0.3, 0.4) is 0 Å². The molecule has 1 aliphatic heterocycles. The second-order valence-electron chi connectivity index (χ2n) is 6.24. The predicted octanol–water partition coefficient (Wildman–Crippen LogP) is 0.929. The van der Waals surface area contributed by atoms with Gasteiger partial charge in [0.15, 0.2) is 0 Å². The summed E-state index contributed by atoms with van der Waals surface area (Å²) in [5.41, 5.74) is 5.91. The average Bonchev–Trinajstić information content (AvgIpc) is 2.94. The fraction of sp³-hybridized carbons (Fsp3) is 0.923. The molecule has 0 spiro atoms. The Morgan fingerprint density at radius 3 is 2.78 bits per heavy atom. The lowest BCUT2D eigenvalue weighted by Crippen LogP contribution is -2.39. The molecule has 5 nitrogen and oxygen atoms in total. The average molecular weight is 254 g/mol. The maximum absolute atomic E-state index is 8.67. The van der Waals surface area contributed by atoms with Crippen LogP contribution in [0.25, 0.3) is 0 Å². The zero-order chi connectivity index (χ0) is 13.2. The van der Waals surface area contributed by atoms with Crippen molar-refractivity contribution in [2.45, 2.75) is 38.1 Å². The van der Waals surface area contributed by atoms with Crippen LogP contribution in [-0.2, 0) is 0 Å². The van der Waals surface area contributed by atoms with Gasteiger partial charge in [-0.15, -0.1) is 0 Å². The second kappa shape index (κ2) is 5.45. The molecule has 1 atom stereocenters. The van der Waals surface area contributed by atoms with Crippen molar-refractivity contribution in [1.82, 2.24) is 9.80 Å². The van der Waals surface area contributed by atoms with Gasteiger partial charge >= 0.3 is 0 Å². The Hall–Kier alpha value is -0.810. The number of hydrogen-bond acceptors (Lipinski definition) is 4. The van der Waals surface area contributed by atoms with E-state index in [0.717, 1.165) is 19.5 Å². The predicted molar refractivity (Wildman–Crippen MR) is 72.8 cm³/mol. The Labute approximate surface area is 110 Å². The van der Waals surface area contributed by atoms with Crippen LogP contribution in [0.15, 0.2) is 5.16 Å². The lowest BCUT2D eigenvalue weighted by molar-refractivity contribution is 0.194. The molecule has 2 aliphatic rings. The molecular weight excluding hydrogens is 228 g/mol. The van der Waals surface area contributed by atoms with Crippen molar-refractivity contribution >= 4 is 5.84 Å². The van der Waals surface area contributed by atoms with Gasteiger partial charge in [0.05, 0.1) is 0 Å². The molecule has 0 bridgehead atoms. The van der Waals surface area contributed by atoms with Crippen molar-refractivity contribution in [3.8, 4) is 0 Å². The zero-order valence-corrected chi connectivity index (χ0v) is 11.6. The summed E-state index contributed by atoms with van der Waals surface area (Å²) in [5, 5.41) is 11.8. The summed E-state index contributed by atoms with van der Waals surface area (Å²) in [7, 11) is 4.41. The number of rotatable bonds is 6. The van der Waals surface area contributed by atoms with Crippen LogP contribution in [0.2, 0.25) is 0 Å². The van der Waals surface area contributed by atoms with Gasteiger partial charge in [-0.1, -0.05) is 5.16 Å². The van der Waals surface area contributed by atoms with Gasteiger partial charge < -0.3 is 20.7 Å². The summed E-state index contributed by atoms with van der Waals surface area (Å²) in [6.07, 6.45) is 5.77. The first-order valence-corrected chi connectivity index (χ1v) is 6.90. The quantitative estimate of drug-likeness (QED) is 0.320. The van der Waals surface area contributed by atoms with Crippen LogP contribution in [-0.4, -0.2) is 60.6 Å². The molecule has 1 saturated heterocycles. The molecule has 1 aliphatic carbocycles. The van der Waals surface area contributed by atoms with Gasteiger partial charge in [-0.2, -0.15) is 0 Å². The van der Waals surface area contributed by atoms with Gasteiger partial charge in [-0.3, -0.25) is 0 Å². The van der Waals surface area contributed by atoms with E-state index in [1.54, 1.807) is 0 Å². The molecule has 1 unspecified atom stereocenters. The summed E-state index contributed by atoms with van der Waals surface area (Å²) < 4.78 is 0. The van der Waals surface area contributed by atoms with Crippen LogP contribution in [0.1, 0.15) is 32.1 Å². The van der Waals surface area contributed by atoms with Crippen molar-refractivity contribution in [2.75, 3.05) is 33.7 Å². The van der Waals surface area contributed by atoms with Crippen molar-refractivity contribution < 1.29 is 5.21 Å². The molecule has 2 rings (SSSR count). The first kappa shape index (κ1) is 13.6. The first-order valence-electron chi connectivity index (χ1n) is 6.90. The van der Waals surface area contributed by atoms with Gasteiger partial charge in [0, 0.05) is 25.6 Å². The Balaban J connectivity index is 1.78. The Morgan fingerprint density at radius 2 is 2.28 bits per heavy atom. The van der Waals surface area contributed by atoms with Gasteiger partial charge in [0.2, 0.25) is 0 Å². The minimum absolute atomic E-state index is 0.280. The van der Waals surface area contributed by atoms with Crippen molar-refractivity contribution in [1.29, 1.82) is 0 Å². The van der Waals surface area contributed by atoms with E-state index >= 15 is 0 Å². The molecule has 0 aromatic heterocycles. The van der Waals surface area contributed by atoms with Gasteiger partial charge in [0.1, 0.15) is 5.84 Å². The van der Waals surface area contributed by atoms with E-state index in [1.807, 2.05) is 0 Å². The molecular formula is C13H26N4O. The Bertz CT molecular complexity index is 314. The molecule has 3 N–H and O–H groups in total. The molecule has 0 aromatic carbocycles. The monoisotopic (exact) mass is 254 g/mol. The first-order chi connectivity index (χ1) is 8.54. The van der Waals surface area contributed by atoms with E-state index in [9.17, 15) is 0 Å². The van der Waals surface area contributed by atoms with Crippen LogP contribution in [0.4, 0.5) is 0 Å². The molecule has 2 fully saturated rings. The van der Waals surface area contributed by atoms with Gasteiger partial charge in [0.25, 0.3) is 0 Å². The molecule has 0 aromatic rings. The highest BCUT2D eigenvalue weighted by molar-refractivity contribution is 5.80. The highest BCUT2D eigenvalue weighted by Gasteiger charge is 2.44. The Morgan fingerprint density at radius 1 is 1.56 bits per heavy atom. The number of likely N-dealkylation sites (tertiary alicyclic amines) is 1. The van der Waals surface area contributed by atoms with Crippen molar-refractivity contribution in [3.05, 3.63) is 0 Å². The van der Waals surface area contributed by atoms with E-state index in [2.05, 4.69) is 29.1 Å². The Kier molecular flexibility index (Phi) is 4.12. The number of amidine groups is 1. The fourth-order valence-corrected chi connectivity index (χ4v) is 3.19. The standard InChI is InChI=1S/C13H26N4O/c1-16(9-11-4-3-7-17(11)2)10-13(5-6-13)8-12(14)15-18/h11,18H,3-10H2,1-2H3,(H2,14,15). The lowest BCUT2D eigenvalue weighted by Gasteiger charge is -2.28. The van der Waals surface area contributed by atoms with Gasteiger partial charge in [-0.05, 0) is 51.7 Å². The number of oxime groups is 1. The third-order valence-electron chi connectivity index (χ3n) is 4.44. The number of nitrogens with two attached hydrogens (primary N) is 1. The topological polar surface area (TPSA) is 65.1 Å². The lowest BCUT2D eigenvalue weighted by atomic mass is 10.0. The smallest absolute Gasteiger partial charge is 0.139 e. The summed E-state index contributed by atoms with van der Waals surface area (Å²) in [6, 6.07) is 0.703. The molecule has 5 heteroatoms. The normalized spacial score (nSPS) is 27.9. The van der Waals surface area contributed by atoms with Crippen LogP contribution in [0, 0.1) is 5.41 Å². The van der Waals surface area contributed by atoms with Crippen LogP contribution < -0.4 is 5.73 Å². The van der Waals surface area contributed by atoms with E-state index < -0.39 is 0 Å². The fourth-order valence-electron chi connectivity index (χ4n) is 3.19.